The summed E-state index contributed by atoms with van der Waals surface area (Å²) in [6.45, 7) is 0. The van der Waals surface area contributed by atoms with E-state index in [1.165, 1.54) is 0 Å². The number of pyridine rings is 1. The minimum absolute atomic E-state index is 0.130. The topological polar surface area (TPSA) is 50.2 Å². The van der Waals surface area contributed by atoms with Crippen LogP contribution in [0.25, 0.3) is 0 Å². The van der Waals surface area contributed by atoms with Crippen molar-refractivity contribution in [2.75, 3.05) is 0 Å². The summed E-state index contributed by atoms with van der Waals surface area (Å²) in [7, 11) is 0. The number of hydrogen-bond acceptors (Lipinski definition) is 2. The van der Waals surface area contributed by atoms with Crippen LogP contribution in [0.15, 0.2) is 10.5 Å². The first-order valence-electron chi connectivity index (χ1n) is 3.76. The Hall–Kier alpha value is -0.310. The van der Waals surface area contributed by atoms with Crippen molar-refractivity contribution in [1.29, 1.82) is 0 Å². The zero-order valence-electron chi connectivity index (χ0n) is 7.18. The summed E-state index contributed by atoms with van der Waals surface area (Å²) >= 11 is 4.76. The summed E-state index contributed by atoms with van der Waals surface area (Å²) < 4.78 is 25.6. The monoisotopic (exact) mass is 391 g/mol. The minimum Gasteiger partial charge on any atom is -0.481 e. The molecule has 0 unspecified atom stereocenters. The third kappa shape index (κ3) is 3.33. The Labute approximate surface area is 106 Å². The quantitative estimate of drug-likeness (QED) is 0.636. The third-order valence-corrected chi connectivity index (χ3v) is 3.92. The van der Waals surface area contributed by atoms with E-state index in [4.69, 9.17) is 5.11 Å². The van der Waals surface area contributed by atoms with Gasteiger partial charge < -0.3 is 5.11 Å². The van der Waals surface area contributed by atoms with Crippen LogP contribution in [0.3, 0.4) is 0 Å². The summed E-state index contributed by atoms with van der Waals surface area (Å²) in [6, 6.07) is 1.10. The molecule has 0 aromatic carbocycles. The van der Waals surface area contributed by atoms with Crippen molar-refractivity contribution in [2.24, 2.45) is 0 Å². The number of carboxylic acid groups (broad SMARTS) is 1. The fourth-order valence-corrected chi connectivity index (χ4v) is 1.97. The predicted octanol–water partition coefficient (Wildman–Crippen LogP) is 3.01. The lowest BCUT2D eigenvalue weighted by molar-refractivity contribution is -0.136. The molecule has 82 valence electrons. The summed E-state index contributed by atoms with van der Waals surface area (Å²) in [4.78, 5) is 14.3. The highest BCUT2D eigenvalue weighted by molar-refractivity contribution is 14.1. The Kier molecular flexibility index (Phi) is 4.38. The molecular weight excluding hydrogens is 387 g/mol. The van der Waals surface area contributed by atoms with Crippen molar-refractivity contribution in [1.82, 2.24) is 4.98 Å². The molecule has 0 aliphatic carbocycles. The van der Waals surface area contributed by atoms with Gasteiger partial charge in [-0.2, -0.15) is 0 Å². The van der Waals surface area contributed by atoms with Crippen LogP contribution in [0.1, 0.15) is 17.7 Å². The van der Waals surface area contributed by atoms with E-state index in [1.54, 1.807) is 22.6 Å². The first-order valence-corrected chi connectivity index (χ1v) is 5.63. The maximum atomic E-state index is 12.5. The SMILES string of the molecule is O=C(O)Cc1cc(C(F)F)c(Br)c(I)n1. The van der Waals surface area contributed by atoms with Crippen LogP contribution >= 0.6 is 38.5 Å². The van der Waals surface area contributed by atoms with Crippen LogP contribution in [0.2, 0.25) is 0 Å². The maximum absolute atomic E-state index is 12.5. The number of alkyl halides is 2. The van der Waals surface area contributed by atoms with E-state index in [2.05, 4.69) is 20.9 Å². The van der Waals surface area contributed by atoms with Crippen molar-refractivity contribution in [2.45, 2.75) is 12.8 Å². The number of aliphatic carboxylic acids is 1. The first-order chi connectivity index (χ1) is 6.91. The Morgan fingerprint density at radius 3 is 2.73 bits per heavy atom. The molecule has 1 aromatic rings. The highest BCUT2D eigenvalue weighted by Crippen LogP contribution is 2.30. The molecular formula is C8H5BrF2INO2. The molecule has 0 saturated heterocycles. The van der Waals surface area contributed by atoms with E-state index < -0.39 is 12.4 Å². The van der Waals surface area contributed by atoms with Gasteiger partial charge in [0.25, 0.3) is 6.43 Å². The van der Waals surface area contributed by atoms with Gasteiger partial charge in [-0.3, -0.25) is 4.79 Å². The summed E-state index contributed by atoms with van der Waals surface area (Å²) in [5.41, 5.74) is -0.101. The molecule has 0 atom stereocenters. The molecule has 0 bridgehead atoms. The van der Waals surface area contributed by atoms with E-state index in [0.717, 1.165) is 6.07 Å². The van der Waals surface area contributed by atoms with E-state index in [9.17, 15) is 13.6 Å². The summed E-state index contributed by atoms with van der Waals surface area (Å²) in [5.74, 6) is -1.10. The number of halogens is 4. The lowest BCUT2D eigenvalue weighted by Crippen LogP contribution is -2.05. The van der Waals surface area contributed by atoms with Crippen molar-refractivity contribution in [3.63, 3.8) is 0 Å². The number of carbonyl (C=O) groups is 1. The molecule has 0 amide bonds. The van der Waals surface area contributed by atoms with Gasteiger partial charge in [-0.25, -0.2) is 13.8 Å². The Balaban J connectivity index is 3.17. The Morgan fingerprint density at radius 2 is 2.27 bits per heavy atom. The number of nitrogens with zero attached hydrogens (tertiary/aromatic N) is 1. The molecule has 15 heavy (non-hydrogen) atoms. The highest BCUT2D eigenvalue weighted by atomic mass is 127. The smallest absolute Gasteiger partial charge is 0.309 e. The number of carboxylic acids is 1. The van der Waals surface area contributed by atoms with Gasteiger partial charge >= 0.3 is 5.97 Å². The molecule has 0 radical (unpaired) electrons. The van der Waals surface area contributed by atoms with E-state index in [-0.39, 0.29) is 22.2 Å². The first kappa shape index (κ1) is 12.8. The fourth-order valence-electron chi connectivity index (χ4n) is 0.974. The Bertz CT molecular complexity index is 400. The molecule has 1 rings (SSSR count). The second kappa shape index (κ2) is 5.15. The number of rotatable bonds is 3. The molecule has 1 aromatic heterocycles. The lowest BCUT2D eigenvalue weighted by atomic mass is 10.2. The summed E-state index contributed by atoms with van der Waals surface area (Å²) in [6.07, 6.45) is -3.01. The van der Waals surface area contributed by atoms with Gasteiger partial charge in [-0.1, -0.05) is 0 Å². The van der Waals surface area contributed by atoms with Crippen LogP contribution in [-0.4, -0.2) is 16.1 Å². The highest BCUT2D eigenvalue weighted by Gasteiger charge is 2.17. The molecule has 1 N–H and O–H groups in total. The van der Waals surface area contributed by atoms with Crippen molar-refractivity contribution in [3.8, 4) is 0 Å². The van der Waals surface area contributed by atoms with Crippen LogP contribution in [0, 0.1) is 3.70 Å². The van der Waals surface area contributed by atoms with Crippen molar-refractivity contribution < 1.29 is 18.7 Å². The molecule has 0 aliphatic heterocycles. The van der Waals surface area contributed by atoms with Gasteiger partial charge in [0.2, 0.25) is 0 Å². The van der Waals surface area contributed by atoms with E-state index in [1.807, 2.05) is 0 Å². The lowest BCUT2D eigenvalue weighted by Gasteiger charge is -2.07. The van der Waals surface area contributed by atoms with Crippen LogP contribution in [0.4, 0.5) is 8.78 Å². The third-order valence-electron chi connectivity index (χ3n) is 1.57. The molecule has 0 spiro atoms. The van der Waals surface area contributed by atoms with Gasteiger partial charge in [0.1, 0.15) is 3.70 Å². The standard InChI is InChI=1S/C8H5BrF2INO2/c9-6-4(7(10)11)1-3(2-5(14)15)13-8(6)12/h1,7H,2H2,(H,14,15). The average Bonchev–Trinajstić information content (AvgIpc) is 2.09. The predicted molar refractivity (Wildman–Crippen MR) is 61.0 cm³/mol. The normalized spacial score (nSPS) is 10.7. The second-order valence-corrected chi connectivity index (χ2v) is 4.49. The molecule has 1 heterocycles. The van der Waals surface area contributed by atoms with E-state index >= 15 is 0 Å². The van der Waals surface area contributed by atoms with Gasteiger partial charge in [0.15, 0.2) is 0 Å². The average molecular weight is 392 g/mol. The summed E-state index contributed by atoms with van der Waals surface area (Å²) in [5, 5.41) is 8.51. The molecule has 7 heteroatoms. The van der Waals surface area contributed by atoms with Crippen LogP contribution in [0.5, 0.6) is 0 Å². The van der Waals surface area contributed by atoms with E-state index in [0.29, 0.717) is 3.70 Å². The van der Waals surface area contributed by atoms with Crippen LogP contribution in [-0.2, 0) is 11.2 Å². The van der Waals surface area contributed by atoms with Gasteiger partial charge in [-0.15, -0.1) is 0 Å². The van der Waals surface area contributed by atoms with Crippen molar-refractivity contribution >= 4 is 44.5 Å². The van der Waals surface area contributed by atoms with Gasteiger partial charge in [0.05, 0.1) is 16.6 Å². The Morgan fingerprint density at radius 1 is 1.67 bits per heavy atom. The second-order valence-electron chi connectivity index (χ2n) is 2.68. The minimum atomic E-state index is -2.65. The number of aromatic nitrogens is 1. The van der Waals surface area contributed by atoms with Crippen molar-refractivity contribution in [3.05, 3.63) is 25.5 Å². The zero-order valence-corrected chi connectivity index (χ0v) is 10.9. The molecule has 0 aliphatic rings. The molecule has 0 saturated carbocycles. The van der Waals surface area contributed by atoms with Gasteiger partial charge in [-0.05, 0) is 44.6 Å². The fraction of sp³-hybridized carbons (Fsp3) is 0.250. The maximum Gasteiger partial charge on any atom is 0.309 e. The van der Waals surface area contributed by atoms with Crippen LogP contribution < -0.4 is 0 Å². The zero-order chi connectivity index (χ0) is 11.6. The molecule has 3 nitrogen and oxygen atoms in total. The molecule has 0 fully saturated rings. The number of hydrogen-bond donors (Lipinski definition) is 1. The van der Waals surface area contributed by atoms with Gasteiger partial charge in [0, 0.05) is 5.56 Å². The largest absolute Gasteiger partial charge is 0.481 e.